The van der Waals surface area contributed by atoms with Gasteiger partial charge in [0, 0.05) is 38.2 Å². The second-order valence-electron chi connectivity index (χ2n) is 7.41. The van der Waals surface area contributed by atoms with Crippen LogP contribution < -0.4 is 0 Å². The lowest BCUT2D eigenvalue weighted by Gasteiger charge is -2.35. The first-order chi connectivity index (χ1) is 14.4. The zero-order valence-electron chi connectivity index (χ0n) is 16.3. The van der Waals surface area contributed by atoms with Crippen LogP contribution in [-0.2, 0) is 9.53 Å². The summed E-state index contributed by atoms with van der Waals surface area (Å²) in [4.78, 5) is 28.8. The Morgan fingerprint density at radius 3 is 2.43 bits per heavy atom. The molecule has 0 spiro atoms. The molecule has 0 radical (unpaired) electrons. The topological polar surface area (TPSA) is 87.9 Å². The third-order valence-corrected chi connectivity index (χ3v) is 5.51. The molecule has 30 heavy (non-hydrogen) atoms. The van der Waals surface area contributed by atoms with E-state index in [1.54, 1.807) is 4.90 Å². The van der Waals surface area contributed by atoms with Gasteiger partial charge >= 0.3 is 0 Å². The number of rotatable bonds is 3. The first kappa shape index (κ1) is 20.3. The predicted molar refractivity (Wildman–Crippen MR) is 101 cm³/mol. The second-order valence-corrected chi connectivity index (χ2v) is 7.41. The van der Waals surface area contributed by atoms with E-state index in [1.807, 2.05) is 0 Å². The number of aromatic nitrogens is 2. The van der Waals surface area contributed by atoms with Gasteiger partial charge in [0.15, 0.2) is 17.3 Å². The average molecular weight is 420 g/mol. The van der Waals surface area contributed by atoms with Crippen molar-refractivity contribution in [3.63, 3.8) is 0 Å². The molecular formula is C20H22F2N4O4. The molecule has 2 aliphatic heterocycles. The Balaban J connectivity index is 1.42. The summed E-state index contributed by atoms with van der Waals surface area (Å²) in [6.45, 7) is 2.97. The van der Waals surface area contributed by atoms with E-state index in [9.17, 15) is 23.5 Å². The van der Waals surface area contributed by atoms with Crippen molar-refractivity contribution >= 4 is 11.8 Å². The van der Waals surface area contributed by atoms with E-state index < -0.39 is 23.3 Å². The molecule has 3 heterocycles. The van der Waals surface area contributed by atoms with Gasteiger partial charge in [0.25, 0.3) is 5.91 Å². The number of carbonyl (C=O) groups is 2. The molecule has 2 aliphatic rings. The summed E-state index contributed by atoms with van der Waals surface area (Å²) in [7, 11) is 0. The maximum Gasteiger partial charge on any atom is 0.278 e. The van der Waals surface area contributed by atoms with Crippen LogP contribution in [0.5, 0.6) is 5.75 Å². The van der Waals surface area contributed by atoms with Gasteiger partial charge < -0.3 is 19.6 Å². The fourth-order valence-electron chi connectivity index (χ4n) is 3.83. The fourth-order valence-corrected chi connectivity index (χ4v) is 3.83. The Bertz CT molecular complexity index is 950. The number of nitrogens with zero attached hydrogens (tertiary/aromatic N) is 4. The van der Waals surface area contributed by atoms with Crippen molar-refractivity contribution in [3.05, 3.63) is 41.7 Å². The van der Waals surface area contributed by atoms with E-state index in [2.05, 4.69) is 5.10 Å². The monoisotopic (exact) mass is 420 g/mol. The summed E-state index contributed by atoms with van der Waals surface area (Å²) in [5.74, 6) is -2.55. The zero-order chi connectivity index (χ0) is 21.3. The van der Waals surface area contributed by atoms with E-state index in [0.29, 0.717) is 58.3 Å². The molecule has 0 aliphatic carbocycles. The molecule has 0 saturated carbocycles. The van der Waals surface area contributed by atoms with Crippen molar-refractivity contribution < 1.29 is 28.2 Å². The summed E-state index contributed by atoms with van der Waals surface area (Å²) >= 11 is 0. The van der Waals surface area contributed by atoms with Crippen molar-refractivity contribution in [2.24, 2.45) is 5.92 Å². The maximum absolute atomic E-state index is 14.0. The number of likely N-dealkylation sites (tertiary alicyclic amines) is 1. The van der Waals surface area contributed by atoms with Gasteiger partial charge in [0.2, 0.25) is 5.91 Å². The van der Waals surface area contributed by atoms with Crippen LogP contribution in [0, 0.1) is 17.6 Å². The Morgan fingerprint density at radius 1 is 1.07 bits per heavy atom. The van der Waals surface area contributed by atoms with E-state index >= 15 is 0 Å². The lowest BCUT2D eigenvalue weighted by molar-refractivity contribution is -0.141. The normalized spacial score (nSPS) is 17.9. The SMILES string of the molecule is O=C(c1nn(-c2ccc(F)cc2F)cc1O)N1CCC(C(=O)N2CCOCC2)CC1. The largest absolute Gasteiger partial charge is 0.504 e. The lowest BCUT2D eigenvalue weighted by atomic mass is 9.95. The van der Waals surface area contributed by atoms with Crippen LogP contribution in [-0.4, -0.2) is 75.9 Å². The number of hydrogen-bond acceptors (Lipinski definition) is 5. The number of halogens is 2. The highest BCUT2D eigenvalue weighted by atomic mass is 19.1. The number of hydrogen-bond donors (Lipinski definition) is 1. The van der Waals surface area contributed by atoms with Crippen LogP contribution in [0.2, 0.25) is 0 Å². The van der Waals surface area contributed by atoms with Crippen LogP contribution in [0.25, 0.3) is 5.69 Å². The number of morpholine rings is 1. The highest BCUT2D eigenvalue weighted by molar-refractivity contribution is 5.95. The Labute approximate surface area is 171 Å². The minimum atomic E-state index is -0.862. The van der Waals surface area contributed by atoms with E-state index in [4.69, 9.17) is 4.74 Å². The number of benzene rings is 1. The number of amides is 2. The number of piperidine rings is 1. The molecule has 4 rings (SSSR count). The van der Waals surface area contributed by atoms with Crippen LogP contribution in [0.4, 0.5) is 8.78 Å². The van der Waals surface area contributed by atoms with Crippen molar-refractivity contribution in [3.8, 4) is 11.4 Å². The van der Waals surface area contributed by atoms with E-state index in [-0.39, 0.29) is 23.2 Å². The Hall–Kier alpha value is -3.01. The van der Waals surface area contributed by atoms with Gasteiger partial charge in [-0.15, -0.1) is 0 Å². The molecular weight excluding hydrogens is 398 g/mol. The summed E-state index contributed by atoms with van der Waals surface area (Å²) in [6.07, 6.45) is 2.16. The van der Waals surface area contributed by atoms with Gasteiger partial charge in [-0.1, -0.05) is 0 Å². The smallest absolute Gasteiger partial charge is 0.278 e. The average Bonchev–Trinajstić information content (AvgIpc) is 3.14. The minimum Gasteiger partial charge on any atom is -0.504 e. The Morgan fingerprint density at radius 2 is 1.77 bits per heavy atom. The quantitative estimate of drug-likeness (QED) is 0.815. The predicted octanol–water partition coefficient (Wildman–Crippen LogP) is 1.57. The third-order valence-electron chi connectivity index (χ3n) is 5.51. The molecule has 2 fully saturated rings. The van der Waals surface area contributed by atoms with Gasteiger partial charge in [0.05, 0.1) is 19.4 Å². The van der Waals surface area contributed by atoms with Gasteiger partial charge in [-0.2, -0.15) is 5.10 Å². The molecule has 0 unspecified atom stereocenters. The van der Waals surface area contributed by atoms with Crippen LogP contribution in [0.15, 0.2) is 24.4 Å². The summed E-state index contributed by atoms with van der Waals surface area (Å²) < 4.78 is 33.4. The van der Waals surface area contributed by atoms with Gasteiger partial charge in [-0.3, -0.25) is 9.59 Å². The molecule has 1 aromatic carbocycles. The van der Waals surface area contributed by atoms with E-state index in [1.165, 1.54) is 11.0 Å². The minimum absolute atomic E-state index is 0.0828. The third kappa shape index (κ3) is 4.00. The summed E-state index contributed by atoms with van der Waals surface area (Å²) in [6, 6.07) is 2.94. The molecule has 10 heteroatoms. The van der Waals surface area contributed by atoms with Gasteiger partial charge in [0.1, 0.15) is 11.5 Å². The van der Waals surface area contributed by atoms with Crippen molar-refractivity contribution in [2.75, 3.05) is 39.4 Å². The van der Waals surface area contributed by atoms with E-state index in [0.717, 1.165) is 16.9 Å². The van der Waals surface area contributed by atoms with Crippen molar-refractivity contribution in [1.29, 1.82) is 0 Å². The first-order valence-corrected chi connectivity index (χ1v) is 9.84. The highest BCUT2D eigenvalue weighted by Crippen LogP contribution is 2.25. The Kier molecular flexibility index (Phi) is 5.67. The van der Waals surface area contributed by atoms with Gasteiger partial charge in [-0.05, 0) is 25.0 Å². The molecule has 2 aromatic rings. The summed E-state index contributed by atoms with van der Waals surface area (Å²) in [5, 5.41) is 14.1. The molecule has 8 nitrogen and oxygen atoms in total. The molecule has 2 saturated heterocycles. The van der Waals surface area contributed by atoms with Gasteiger partial charge in [-0.25, -0.2) is 13.5 Å². The summed E-state index contributed by atoms with van der Waals surface area (Å²) in [5.41, 5.74) is -0.294. The highest BCUT2D eigenvalue weighted by Gasteiger charge is 2.32. The zero-order valence-corrected chi connectivity index (χ0v) is 16.3. The molecule has 160 valence electrons. The van der Waals surface area contributed by atoms with Crippen LogP contribution >= 0.6 is 0 Å². The molecule has 1 N–H and O–H groups in total. The number of aromatic hydroxyl groups is 1. The molecule has 2 amide bonds. The van der Waals surface area contributed by atoms with Crippen LogP contribution in [0.3, 0.4) is 0 Å². The molecule has 0 atom stereocenters. The maximum atomic E-state index is 14.0. The fraction of sp³-hybridized carbons (Fsp3) is 0.450. The number of carbonyl (C=O) groups excluding carboxylic acids is 2. The lowest BCUT2D eigenvalue weighted by Crippen LogP contribution is -2.47. The standard InChI is InChI=1S/C20H22F2N4O4/c21-14-1-2-16(15(22)11-14)26-12-17(27)18(23-26)20(29)24-5-3-13(4-6-24)19(28)25-7-9-30-10-8-25/h1-2,11-13,27H,3-10H2. The second kappa shape index (κ2) is 8.39. The number of ether oxygens (including phenoxy) is 1. The first-order valence-electron chi connectivity index (χ1n) is 9.84. The van der Waals surface area contributed by atoms with Crippen molar-refractivity contribution in [1.82, 2.24) is 19.6 Å². The molecule has 0 bridgehead atoms. The van der Waals surface area contributed by atoms with Crippen molar-refractivity contribution in [2.45, 2.75) is 12.8 Å². The van der Waals surface area contributed by atoms with Crippen LogP contribution in [0.1, 0.15) is 23.3 Å². The molecule has 1 aromatic heterocycles.